The Morgan fingerprint density at radius 3 is 2.28 bits per heavy atom. The van der Waals surface area contributed by atoms with E-state index >= 15 is 0 Å². The number of amides is 1. The molecule has 1 unspecified atom stereocenters. The molecule has 0 saturated heterocycles. The van der Waals surface area contributed by atoms with E-state index in [2.05, 4.69) is 11.6 Å². The van der Waals surface area contributed by atoms with Gasteiger partial charge in [-0.3, -0.25) is 14.2 Å². The van der Waals surface area contributed by atoms with Crippen molar-refractivity contribution in [3.8, 4) is 5.75 Å². The summed E-state index contributed by atoms with van der Waals surface area (Å²) in [6, 6.07) is 29.2. The van der Waals surface area contributed by atoms with Gasteiger partial charge in [-0.2, -0.15) is 0 Å². The van der Waals surface area contributed by atoms with Gasteiger partial charge in [-0.25, -0.2) is 18.1 Å². The summed E-state index contributed by atoms with van der Waals surface area (Å²) in [6.45, 7) is 4.38. The Hall–Kier alpha value is -4.76. The monoisotopic (exact) mass is 595 g/mol. The number of hydrogen-bond donors (Lipinski definition) is 1. The zero-order valence-electron chi connectivity index (χ0n) is 24.1. The van der Waals surface area contributed by atoms with Crippen LogP contribution >= 0.6 is 0 Å². The maximum atomic E-state index is 13.5. The van der Waals surface area contributed by atoms with Gasteiger partial charge < -0.3 is 4.74 Å². The number of benzene rings is 4. The highest BCUT2D eigenvalue weighted by Gasteiger charge is 2.28. The number of aromatic nitrogens is 2. The van der Waals surface area contributed by atoms with Crippen molar-refractivity contribution >= 4 is 26.8 Å². The number of nitrogens with one attached hydrogen (secondary N) is 1. The minimum absolute atomic E-state index is 0.0218. The van der Waals surface area contributed by atoms with Crippen molar-refractivity contribution in [1.29, 1.82) is 0 Å². The summed E-state index contributed by atoms with van der Waals surface area (Å²) in [6.07, 6.45) is 1.37. The van der Waals surface area contributed by atoms with E-state index in [9.17, 15) is 18.0 Å². The third kappa shape index (κ3) is 7.01. The average molecular weight is 596 g/mol. The summed E-state index contributed by atoms with van der Waals surface area (Å²) >= 11 is 0. The average Bonchev–Trinajstić information content (AvgIpc) is 3.02. The van der Waals surface area contributed by atoms with Crippen LogP contribution in [0.15, 0.2) is 113 Å². The first kappa shape index (κ1) is 29.7. The fraction of sp³-hybridized carbons (Fsp3) is 0.206. The molecule has 1 heterocycles. The van der Waals surface area contributed by atoms with Gasteiger partial charge in [0, 0.05) is 12.0 Å². The predicted molar refractivity (Wildman–Crippen MR) is 166 cm³/mol. The molecule has 0 bridgehead atoms. The Morgan fingerprint density at radius 2 is 1.60 bits per heavy atom. The van der Waals surface area contributed by atoms with E-state index in [0.29, 0.717) is 35.2 Å². The van der Waals surface area contributed by atoms with Gasteiger partial charge in [-0.05, 0) is 55.3 Å². The normalized spacial score (nSPS) is 12.1. The first-order valence-corrected chi connectivity index (χ1v) is 15.7. The number of carbonyl (C=O) groups excluding carboxylic acids is 1. The smallest absolute Gasteiger partial charge is 0.279 e. The van der Waals surface area contributed by atoms with E-state index in [1.165, 1.54) is 12.1 Å². The van der Waals surface area contributed by atoms with Crippen LogP contribution < -0.4 is 15.0 Å². The summed E-state index contributed by atoms with van der Waals surface area (Å²) in [5.74, 6) is 0.295. The first-order chi connectivity index (χ1) is 20.7. The van der Waals surface area contributed by atoms with Crippen LogP contribution in [0.2, 0.25) is 0 Å². The van der Waals surface area contributed by atoms with E-state index < -0.39 is 22.0 Å². The molecule has 5 aromatic rings. The molecule has 5 rings (SSSR count). The topological polar surface area (TPSA) is 107 Å². The lowest BCUT2D eigenvalue weighted by Crippen LogP contribution is -2.36. The van der Waals surface area contributed by atoms with Gasteiger partial charge in [-0.1, -0.05) is 85.6 Å². The number of sulfonamides is 1. The van der Waals surface area contributed by atoms with Crippen LogP contribution in [0.25, 0.3) is 10.9 Å². The highest BCUT2D eigenvalue weighted by molar-refractivity contribution is 7.90. The standard InChI is InChI=1S/C34H33N3O5S/c1-3-4-15-31-35-30-21-16-24(2)22-29(30)34(39)37(31)23-25-17-19-27(20-18-25)42-32(26-11-7-5-8-12-26)33(38)36-43(40,41)28-13-9-6-10-14-28/h5-14,16-22,32H,3-4,15,23H2,1-2H3,(H,36,38). The molecule has 1 amide bonds. The van der Waals surface area contributed by atoms with Crippen molar-refractivity contribution in [3.63, 3.8) is 0 Å². The lowest BCUT2D eigenvalue weighted by Gasteiger charge is -2.20. The molecule has 43 heavy (non-hydrogen) atoms. The zero-order valence-corrected chi connectivity index (χ0v) is 24.9. The highest BCUT2D eigenvalue weighted by Crippen LogP contribution is 2.24. The molecule has 1 N–H and O–H groups in total. The molecule has 0 saturated carbocycles. The second-order valence-corrected chi connectivity index (χ2v) is 12.1. The second kappa shape index (κ2) is 13.0. The Kier molecular flexibility index (Phi) is 9.01. The van der Waals surface area contributed by atoms with Crippen LogP contribution in [-0.4, -0.2) is 23.9 Å². The number of aryl methyl sites for hydroxylation is 2. The molecule has 1 atom stereocenters. The Labute approximate surface area is 251 Å². The SMILES string of the molecule is CCCCc1nc2ccc(C)cc2c(=O)n1Cc1ccc(OC(C(=O)NS(=O)(=O)c2ccccc2)c2ccccc2)cc1. The van der Waals surface area contributed by atoms with Crippen molar-refractivity contribution in [1.82, 2.24) is 14.3 Å². The summed E-state index contributed by atoms with van der Waals surface area (Å²) < 4.78 is 35.6. The van der Waals surface area contributed by atoms with E-state index in [-0.39, 0.29) is 10.5 Å². The van der Waals surface area contributed by atoms with Gasteiger partial charge in [-0.15, -0.1) is 0 Å². The van der Waals surface area contributed by atoms with Crippen molar-refractivity contribution in [3.05, 3.63) is 136 Å². The molecular weight excluding hydrogens is 562 g/mol. The minimum atomic E-state index is -4.10. The zero-order chi connectivity index (χ0) is 30.4. The third-order valence-electron chi connectivity index (χ3n) is 7.09. The van der Waals surface area contributed by atoms with Crippen LogP contribution in [0.5, 0.6) is 5.75 Å². The van der Waals surface area contributed by atoms with Crippen LogP contribution in [-0.2, 0) is 27.8 Å². The quantitative estimate of drug-likeness (QED) is 0.209. The first-order valence-electron chi connectivity index (χ1n) is 14.2. The Balaban J connectivity index is 1.40. The maximum absolute atomic E-state index is 13.5. The molecule has 0 radical (unpaired) electrons. The number of fused-ring (bicyclic) bond motifs is 1. The van der Waals surface area contributed by atoms with E-state index in [1.54, 1.807) is 65.2 Å². The minimum Gasteiger partial charge on any atom is -0.476 e. The van der Waals surface area contributed by atoms with Crippen LogP contribution in [0, 0.1) is 6.92 Å². The number of unbranched alkanes of at least 4 members (excludes halogenated alkanes) is 1. The summed E-state index contributed by atoms with van der Waals surface area (Å²) in [5.41, 5.74) is 2.96. The maximum Gasteiger partial charge on any atom is 0.279 e. The van der Waals surface area contributed by atoms with Crippen LogP contribution in [0.3, 0.4) is 0 Å². The predicted octanol–water partition coefficient (Wildman–Crippen LogP) is 5.72. The summed E-state index contributed by atoms with van der Waals surface area (Å²) in [5, 5.41) is 0.586. The Bertz CT molecular complexity index is 1890. The van der Waals surface area contributed by atoms with Gasteiger partial charge in [0.05, 0.1) is 22.3 Å². The van der Waals surface area contributed by atoms with Crippen molar-refractivity contribution in [2.24, 2.45) is 0 Å². The number of ether oxygens (including phenoxy) is 1. The lowest BCUT2D eigenvalue weighted by atomic mass is 10.1. The fourth-order valence-corrected chi connectivity index (χ4v) is 5.81. The van der Waals surface area contributed by atoms with Crippen LogP contribution in [0.1, 0.15) is 48.4 Å². The number of nitrogens with zero attached hydrogens (tertiary/aromatic N) is 2. The molecule has 0 aliphatic carbocycles. The third-order valence-corrected chi connectivity index (χ3v) is 8.45. The van der Waals surface area contributed by atoms with E-state index in [4.69, 9.17) is 9.72 Å². The Morgan fingerprint density at radius 1 is 0.930 bits per heavy atom. The number of rotatable bonds is 11. The van der Waals surface area contributed by atoms with Gasteiger partial charge in [0.15, 0.2) is 0 Å². The van der Waals surface area contributed by atoms with Crippen molar-refractivity contribution < 1.29 is 17.9 Å². The molecular formula is C34H33N3O5S. The molecule has 0 fully saturated rings. The lowest BCUT2D eigenvalue weighted by molar-refractivity contribution is -0.126. The molecule has 0 spiro atoms. The largest absolute Gasteiger partial charge is 0.476 e. The van der Waals surface area contributed by atoms with Gasteiger partial charge in [0.1, 0.15) is 11.6 Å². The highest BCUT2D eigenvalue weighted by atomic mass is 32.2. The molecule has 220 valence electrons. The van der Waals surface area contributed by atoms with E-state index in [1.807, 2.05) is 37.3 Å². The number of hydrogen-bond acceptors (Lipinski definition) is 6. The molecule has 9 heteroatoms. The van der Waals surface area contributed by atoms with Crippen molar-refractivity contribution in [2.75, 3.05) is 0 Å². The van der Waals surface area contributed by atoms with Gasteiger partial charge in [0.25, 0.3) is 21.5 Å². The van der Waals surface area contributed by atoms with Crippen LogP contribution in [0.4, 0.5) is 0 Å². The van der Waals surface area contributed by atoms with Gasteiger partial charge in [0.2, 0.25) is 6.10 Å². The van der Waals surface area contributed by atoms with E-state index in [0.717, 1.165) is 29.8 Å². The molecule has 0 aliphatic rings. The fourth-order valence-electron chi connectivity index (χ4n) is 4.81. The summed E-state index contributed by atoms with van der Waals surface area (Å²) in [4.78, 5) is 31.6. The molecule has 8 nitrogen and oxygen atoms in total. The molecule has 0 aliphatic heterocycles. The van der Waals surface area contributed by atoms with Gasteiger partial charge >= 0.3 is 0 Å². The molecule has 4 aromatic carbocycles. The summed E-state index contributed by atoms with van der Waals surface area (Å²) in [7, 11) is -4.10. The van der Waals surface area contributed by atoms with Crippen molar-refractivity contribution in [2.45, 2.75) is 50.7 Å². The molecule has 1 aromatic heterocycles. The second-order valence-electron chi connectivity index (χ2n) is 10.4. The number of carbonyl (C=O) groups is 1.